The molecular formula is C51H36N4OS. The van der Waals surface area contributed by atoms with Crippen LogP contribution in [0.4, 0.5) is 11.4 Å². The van der Waals surface area contributed by atoms with Gasteiger partial charge >= 0.3 is 0 Å². The molecule has 4 unspecified atom stereocenters. The van der Waals surface area contributed by atoms with Gasteiger partial charge in [0.25, 0.3) is 0 Å². The fourth-order valence-corrected chi connectivity index (χ4v) is 10.4. The summed E-state index contributed by atoms with van der Waals surface area (Å²) in [5.41, 5.74) is 11.1. The molecule has 0 radical (unpaired) electrons. The number of hydrogen-bond acceptors (Lipinski definition) is 6. The number of aliphatic imine (C=N–C) groups is 1. The number of para-hydroxylation sites is 3. The highest BCUT2D eigenvalue weighted by Gasteiger charge is 2.37. The minimum absolute atomic E-state index is 0.234. The van der Waals surface area contributed by atoms with E-state index in [4.69, 9.17) is 9.41 Å². The molecule has 4 heterocycles. The number of nitrogens with zero attached hydrogens (tertiary/aromatic N) is 2. The number of fused-ring (bicyclic) bond motifs is 9. The minimum atomic E-state index is -0.247. The third kappa shape index (κ3) is 5.15. The molecule has 12 rings (SSSR count). The molecule has 2 aromatic heterocycles. The number of amidine groups is 1. The summed E-state index contributed by atoms with van der Waals surface area (Å²) in [5.74, 6) is 1.19. The van der Waals surface area contributed by atoms with Crippen molar-refractivity contribution in [1.82, 2.24) is 10.6 Å². The Morgan fingerprint density at radius 1 is 0.596 bits per heavy atom. The Hall–Kier alpha value is -6.73. The molecule has 0 fully saturated rings. The van der Waals surface area contributed by atoms with Crippen LogP contribution in [0.15, 0.2) is 191 Å². The van der Waals surface area contributed by atoms with Gasteiger partial charge in [-0.05, 0) is 47.0 Å². The van der Waals surface area contributed by atoms with Gasteiger partial charge < -0.3 is 14.6 Å². The van der Waals surface area contributed by atoms with Crippen LogP contribution in [-0.2, 0) is 0 Å². The van der Waals surface area contributed by atoms with Gasteiger partial charge in [-0.25, -0.2) is 4.99 Å². The van der Waals surface area contributed by atoms with Crippen LogP contribution in [0.2, 0.25) is 0 Å². The first-order valence-corrected chi connectivity index (χ1v) is 20.4. The van der Waals surface area contributed by atoms with Crippen LogP contribution in [0, 0.1) is 0 Å². The Kier molecular flexibility index (Phi) is 7.37. The summed E-state index contributed by atoms with van der Waals surface area (Å²) < 4.78 is 9.65. The van der Waals surface area contributed by atoms with Crippen LogP contribution in [-0.4, -0.2) is 11.9 Å². The van der Waals surface area contributed by atoms with Crippen molar-refractivity contribution < 1.29 is 4.42 Å². The van der Waals surface area contributed by atoms with Gasteiger partial charge in [-0.3, -0.25) is 5.32 Å². The van der Waals surface area contributed by atoms with Gasteiger partial charge in [-0.2, -0.15) is 0 Å². The second-order valence-electron chi connectivity index (χ2n) is 15.1. The predicted octanol–water partition coefficient (Wildman–Crippen LogP) is 12.7. The molecular weight excluding hydrogens is 717 g/mol. The Morgan fingerprint density at radius 3 is 2.23 bits per heavy atom. The van der Waals surface area contributed by atoms with Gasteiger partial charge in [-0.15, -0.1) is 11.3 Å². The quantitative estimate of drug-likeness (QED) is 0.184. The largest absolute Gasteiger partial charge is 0.455 e. The highest BCUT2D eigenvalue weighted by Crippen LogP contribution is 2.50. The molecule has 6 heteroatoms. The van der Waals surface area contributed by atoms with E-state index in [1.54, 1.807) is 0 Å². The first-order valence-electron chi connectivity index (χ1n) is 19.6. The Labute approximate surface area is 333 Å². The SMILES string of the molecule is C1=CC2c3ccccc3N(c3ccc4sc5cccc(-c6cccc7c6oc6c(C8NC(c9ccccc9)=NC(c9ccccc9)N8)cccc67)c5c4c3)C2C=C1. The number of benzene rings is 7. The Balaban J connectivity index is 0.998. The van der Waals surface area contributed by atoms with E-state index in [0.29, 0.717) is 5.92 Å². The molecule has 0 saturated heterocycles. The van der Waals surface area contributed by atoms with Crippen molar-refractivity contribution >= 4 is 70.7 Å². The van der Waals surface area contributed by atoms with Crippen molar-refractivity contribution in [3.05, 3.63) is 204 Å². The molecule has 9 aromatic rings. The second kappa shape index (κ2) is 12.9. The van der Waals surface area contributed by atoms with E-state index in [1.807, 2.05) is 23.5 Å². The average Bonchev–Trinajstić information content (AvgIpc) is 3.96. The van der Waals surface area contributed by atoms with E-state index in [2.05, 4.69) is 185 Å². The van der Waals surface area contributed by atoms with Gasteiger partial charge in [0.1, 0.15) is 29.3 Å². The average molecular weight is 753 g/mol. The molecule has 4 atom stereocenters. The van der Waals surface area contributed by atoms with Gasteiger partial charge in [0.05, 0.1) is 6.04 Å². The number of hydrogen-bond donors (Lipinski definition) is 2. The van der Waals surface area contributed by atoms with Gasteiger partial charge in [0.2, 0.25) is 0 Å². The van der Waals surface area contributed by atoms with E-state index in [0.717, 1.165) is 50.0 Å². The van der Waals surface area contributed by atoms with Crippen molar-refractivity contribution in [2.24, 2.45) is 4.99 Å². The monoisotopic (exact) mass is 752 g/mol. The molecule has 2 N–H and O–H groups in total. The maximum absolute atomic E-state index is 7.11. The van der Waals surface area contributed by atoms with Crippen molar-refractivity contribution in [1.29, 1.82) is 0 Å². The molecule has 7 aromatic carbocycles. The lowest BCUT2D eigenvalue weighted by atomic mass is 9.91. The van der Waals surface area contributed by atoms with Gasteiger partial charge in [0, 0.05) is 64.9 Å². The number of thiophene rings is 1. The lowest BCUT2D eigenvalue weighted by Gasteiger charge is -2.32. The normalized spacial score (nSPS) is 19.9. The molecule has 2 aliphatic heterocycles. The van der Waals surface area contributed by atoms with Gasteiger partial charge in [-0.1, -0.05) is 152 Å². The van der Waals surface area contributed by atoms with E-state index in [1.165, 1.54) is 42.7 Å². The van der Waals surface area contributed by atoms with Crippen molar-refractivity contribution in [2.45, 2.75) is 24.3 Å². The van der Waals surface area contributed by atoms with E-state index in [9.17, 15) is 0 Å². The first kappa shape index (κ1) is 32.5. The Bertz CT molecular complexity index is 3120. The zero-order valence-corrected chi connectivity index (χ0v) is 31.7. The summed E-state index contributed by atoms with van der Waals surface area (Å²) in [5, 5.41) is 12.2. The predicted molar refractivity (Wildman–Crippen MR) is 237 cm³/mol. The highest BCUT2D eigenvalue weighted by molar-refractivity contribution is 7.26. The molecule has 0 saturated carbocycles. The molecule has 3 aliphatic rings. The smallest absolute Gasteiger partial charge is 0.143 e. The number of nitrogens with one attached hydrogen (secondary N) is 2. The lowest BCUT2D eigenvalue weighted by Crippen LogP contribution is -2.45. The van der Waals surface area contributed by atoms with Crippen LogP contribution in [0.5, 0.6) is 0 Å². The van der Waals surface area contributed by atoms with Crippen molar-refractivity contribution in [3.8, 4) is 11.1 Å². The van der Waals surface area contributed by atoms with Crippen molar-refractivity contribution in [3.63, 3.8) is 0 Å². The Morgan fingerprint density at radius 2 is 1.33 bits per heavy atom. The second-order valence-corrected chi connectivity index (χ2v) is 16.2. The van der Waals surface area contributed by atoms with Crippen LogP contribution in [0.3, 0.4) is 0 Å². The number of allylic oxidation sites excluding steroid dienone is 2. The zero-order valence-electron chi connectivity index (χ0n) is 30.8. The standard InChI is InChI=1S/C51H36N4OS/c1-3-14-31(15-4-1)49-52-50(32-16-5-2-6-17-32)54-51(53-49)40-24-12-23-39-38-22-11-21-37(47(38)56-48(39)40)36-20-13-27-45-46(36)41-30-33(28-29-44(41)57-45)55-42-25-9-7-18-34(42)35-19-8-10-26-43(35)55/h1-30,34,42,49,51,53H,(H,52,54). The molecule has 0 spiro atoms. The zero-order chi connectivity index (χ0) is 37.5. The van der Waals surface area contributed by atoms with Gasteiger partial charge in [0.15, 0.2) is 0 Å². The van der Waals surface area contributed by atoms with Crippen LogP contribution in [0.25, 0.3) is 53.2 Å². The first-order chi connectivity index (χ1) is 28.3. The molecule has 272 valence electrons. The number of anilines is 2. The molecule has 5 nitrogen and oxygen atoms in total. The fraction of sp³-hybridized carbons (Fsp3) is 0.0784. The van der Waals surface area contributed by atoms with Crippen LogP contribution >= 0.6 is 11.3 Å². The molecule has 0 amide bonds. The maximum Gasteiger partial charge on any atom is 0.143 e. The number of rotatable bonds is 5. The number of furan rings is 1. The minimum Gasteiger partial charge on any atom is -0.455 e. The topological polar surface area (TPSA) is 52.8 Å². The summed E-state index contributed by atoms with van der Waals surface area (Å²) in [4.78, 5) is 7.67. The third-order valence-corrected chi connectivity index (χ3v) is 13.0. The summed E-state index contributed by atoms with van der Waals surface area (Å²) in [6.07, 6.45) is 8.58. The van der Waals surface area contributed by atoms with Crippen LogP contribution in [0.1, 0.15) is 40.5 Å². The van der Waals surface area contributed by atoms with E-state index in [-0.39, 0.29) is 18.4 Å². The fourth-order valence-electron chi connectivity index (χ4n) is 9.33. The highest BCUT2D eigenvalue weighted by atomic mass is 32.1. The summed E-state index contributed by atoms with van der Waals surface area (Å²) in [7, 11) is 0. The molecule has 57 heavy (non-hydrogen) atoms. The maximum atomic E-state index is 7.11. The van der Waals surface area contributed by atoms with Crippen LogP contribution < -0.4 is 15.5 Å². The van der Waals surface area contributed by atoms with E-state index < -0.39 is 0 Å². The summed E-state index contributed by atoms with van der Waals surface area (Å²) in [6, 6.07) is 56.7. The summed E-state index contributed by atoms with van der Waals surface area (Å²) >= 11 is 1.86. The lowest BCUT2D eigenvalue weighted by molar-refractivity contribution is 0.408. The van der Waals surface area contributed by atoms with Crippen molar-refractivity contribution in [2.75, 3.05) is 4.90 Å². The van der Waals surface area contributed by atoms with E-state index >= 15 is 0 Å². The summed E-state index contributed by atoms with van der Waals surface area (Å²) in [6.45, 7) is 0. The molecule has 0 bridgehead atoms. The third-order valence-electron chi connectivity index (χ3n) is 11.9. The molecule has 1 aliphatic carbocycles.